The van der Waals surface area contributed by atoms with E-state index in [1.165, 1.54) is 19.2 Å². The molecule has 1 aromatic carbocycles. The van der Waals surface area contributed by atoms with Gasteiger partial charge < -0.3 is 14.6 Å². The van der Waals surface area contributed by atoms with E-state index in [4.69, 9.17) is 14.6 Å². The number of anilines is 1. The number of carboxylic acids is 1. The summed E-state index contributed by atoms with van der Waals surface area (Å²) in [6.07, 6.45) is -0.627. The highest BCUT2D eigenvalue weighted by molar-refractivity contribution is 5.94. The first-order valence-electron chi connectivity index (χ1n) is 6.06. The van der Waals surface area contributed by atoms with Crippen molar-refractivity contribution in [3.05, 3.63) is 23.3 Å². The highest BCUT2D eigenvalue weighted by atomic mass is 16.6. The third-order valence-corrected chi connectivity index (χ3v) is 2.48. The van der Waals surface area contributed by atoms with Gasteiger partial charge in [0, 0.05) is 5.56 Å². The van der Waals surface area contributed by atoms with Gasteiger partial charge in [-0.2, -0.15) is 0 Å². The second kappa shape index (κ2) is 5.81. The molecule has 6 heteroatoms. The highest BCUT2D eigenvalue weighted by Gasteiger charge is 2.20. The molecule has 0 bridgehead atoms. The maximum Gasteiger partial charge on any atom is 0.412 e. The predicted octanol–water partition coefficient (Wildman–Crippen LogP) is 3.05. The Morgan fingerprint density at radius 2 is 1.85 bits per heavy atom. The first-order valence-corrected chi connectivity index (χ1v) is 6.06. The van der Waals surface area contributed by atoms with Crippen LogP contribution in [0.3, 0.4) is 0 Å². The van der Waals surface area contributed by atoms with E-state index in [0.717, 1.165) is 0 Å². The molecule has 1 amide bonds. The molecule has 0 saturated carbocycles. The maximum atomic E-state index is 11.7. The second-order valence-electron chi connectivity index (χ2n) is 5.25. The molecule has 20 heavy (non-hydrogen) atoms. The molecule has 0 spiro atoms. The number of carbonyl (C=O) groups is 2. The molecule has 0 atom stereocenters. The predicted molar refractivity (Wildman–Crippen MR) is 74.5 cm³/mol. The van der Waals surface area contributed by atoms with Gasteiger partial charge in [-0.1, -0.05) is 0 Å². The molecule has 1 aromatic rings. The van der Waals surface area contributed by atoms with Crippen molar-refractivity contribution in [1.82, 2.24) is 0 Å². The Kier molecular flexibility index (Phi) is 4.60. The lowest BCUT2D eigenvalue weighted by atomic mass is 10.1. The average Bonchev–Trinajstić information content (AvgIpc) is 2.26. The summed E-state index contributed by atoms with van der Waals surface area (Å²) in [5.74, 6) is -0.750. The van der Waals surface area contributed by atoms with Crippen molar-refractivity contribution in [2.45, 2.75) is 33.3 Å². The van der Waals surface area contributed by atoms with Crippen molar-refractivity contribution in [1.29, 1.82) is 0 Å². The highest BCUT2D eigenvalue weighted by Crippen LogP contribution is 2.31. The van der Waals surface area contributed by atoms with Gasteiger partial charge >= 0.3 is 12.1 Å². The van der Waals surface area contributed by atoms with E-state index in [2.05, 4.69) is 5.32 Å². The molecular weight excluding hydrogens is 262 g/mol. The average molecular weight is 281 g/mol. The molecule has 0 aromatic heterocycles. The maximum absolute atomic E-state index is 11.7. The summed E-state index contributed by atoms with van der Waals surface area (Å²) in [6, 6.07) is 2.88. The number of nitrogens with one attached hydrogen (secondary N) is 1. The molecule has 0 unspecified atom stereocenters. The lowest BCUT2D eigenvalue weighted by molar-refractivity contribution is 0.0634. The van der Waals surface area contributed by atoms with E-state index < -0.39 is 17.7 Å². The minimum absolute atomic E-state index is 0.122. The second-order valence-corrected chi connectivity index (χ2v) is 5.25. The third kappa shape index (κ3) is 3.88. The van der Waals surface area contributed by atoms with Gasteiger partial charge in [0.05, 0.1) is 18.4 Å². The topological polar surface area (TPSA) is 84.9 Å². The molecule has 110 valence electrons. The number of benzene rings is 1. The third-order valence-electron chi connectivity index (χ3n) is 2.48. The van der Waals surface area contributed by atoms with E-state index in [-0.39, 0.29) is 5.56 Å². The largest absolute Gasteiger partial charge is 0.494 e. The fourth-order valence-electron chi connectivity index (χ4n) is 1.70. The summed E-state index contributed by atoms with van der Waals surface area (Å²) in [5.41, 5.74) is 0.308. The van der Waals surface area contributed by atoms with Crippen molar-refractivity contribution in [3.8, 4) is 5.75 Å². The van der Waals surface area contributed by atoms with Crippen LogP contribution >= 0.6 is 0 Å². The zero-order valence-electron chi connectivity index (χ0n) is 12.2. The summed E-state index contributed by atoms with van der Waals surface area (Å²) in [5, 5.41) is 11.6. The van der Waals surface area contributed by atoms with E-state index >= 15 is 0 Å². The first-order chi connectivity index (χ1) is 9.15. The monoisotopic (exact) mass is 281 g/mol. The van der Waals surface area contributed by atoms with Gasteiger partial charge in [0.1, 0.15) is 11.4 Å². The molecular formula is C14H19NO5. The normalized spacial score (nSPS) is 10.8. The standard InChI is InChI=1S/C14H19NO5/c1-8-9(12(16)17)6-7-10(11(8)19-5)15-13(18)20-14(2,3)4/h6-7H,1-5H3,(H,15,18)(H,16,17). The first kappa shape index (κ1) is 15.8. The quantitative estimate of drug-likeness (QED) is 0.889. The molecule has 0 aliphatic rings. The van der Waals surface area contributed by atoms with Crippen LogP contribution in [-0.2, 0) is 4.74 Å². The zero-order chi connectivity index (χ0) is 15.5. The summed E-state index contributed by atoms with van der Waals surface area (Å²) >= 11 is 0. The number of methoxy groups -OCH3 is 1. The number of hydrogen-bond acceptors (Lipinski definition) is 4. The fourth-order valence-corrected chi connectivity index (χ4v) is 1.70. The van der Waals surface area contributed by atoms with Gasteiger partial charge in [-0.3, -0.25) is 5.32 Å². The molecule has 6 nitrogen and oxygen atoms in total. The van der Waals surface area contributed by atoms with Crippen molar-refractivity contribution in [2.75, 3.05) is 12.4 Å². The van der Waals surface area contributed by atoms with Crippen molar-refractivity contribution in [2.24, 2.45) is 0 Å². The van der Waals surface area contributed by atoms with Gasteiger partial charge in [0.25, 0.3) is 0 Å². The van der Waals surface area contributed by atoms with E-state index in [1.54, 1.807) is 27.7 Å². The molecule has 0 fully saturated rings. The van der Waals surface area contributed by atoms with Crippen LogP contribution < -0.4 is 10.1 Å². The Bertz CT molecular complexity index is 531. The van der Waals surface area contributed by atoms with Gasteiger partial charge in [-0.15, -0.1) is 0 Å². The Hall–Kier alpha value is -2.24. The molecule has 0 saturated heterocycles. The van der Waals surface area contributed by atoms with Crippen LogP contribution in [0, 0.1) is 6.92 Å². The van der Waals surface area contributed by atoms with Crippen molar-refractivity contribution < 1.29 is 24.2 Å². The molecule has 0 heterocycles. The van der Waals surface area contributed by atoms with Crippen LogP contribution in [0.4, 0.5) is 10.5 Å². The fraction of sp³-hybridized carbons (Fsp3) is 0.429. The number of hydrogen-bond donors (Lipinski definition) is 2. The molecule has 0 aliphatic carbocycles. The summed E-state index contributed by atoms with van der Waals surface area (Å²) in [4.78, 5) is 22.8. The number of amides is 1. The number of rotatable bonds is 3. The van der Waals surface area contributed by atoms with Crippen molar-refractivity contribution >= 4 is 17.7 Å². The van der Waals surface area contributed by atoms with Crippen molar-refractivity contribution in [3.63, 3.8) is 0 Å². The summed E-state index contributed by atoms with van der Waals surface area (Å²) < 4.78 is 10.3. The van der Waals surface area contributed by atoms with E-state index in [0.29, 0.717) is 17.0 Å². The van der Waals surface area contributed by atoms with E-state index in [1.807, 2.05) is 0 Å². The Morgan fingerprint density at radius 1 is 1.25 bits per heavy atom. The Balaban J connectivity index is 3.05. The number of carbonyl (C=O) groups excluding carboxylic acids is 1. The SMILES string of the molecule is COc1c(NC(=O)OC(C)(C)C)ccc(C(=O)O)c1C. The smallest absolute Gasteiger partial charge is 0.412 e. The zero-order valence-corrected chi connectivity index (χ0v) is 12.2. The van der Waals surface area contributed by atoms with Gasteiger partial charge in [0.2, 0.25) is 0 Å². The van der Waals surface area contributed by atoms with E-state index in [9.17, 15) is 9.59 Å². The van der Waals surface area contributed by atoms with Gasteiger partial charge in [-0.25, -0.2) is 9.59 Å². The van der Waals surface area contributed by atoms with Crippen LogP contribution in [0.2, 0.25) is 0 Å². The summed E-state index contributed by atoms with van der Waals surface area (Å²) in [6.45, 7) is 6.87. The molecule has 0 aliphatic heterocycles. The minimum atomic E-state index is -1.05. The Labute approximate surface area is 117 Å². The lowest BCUT2D eigenvalue weighted by Gasteiger charge is -2.21. The minimum Gasteiger partial charge on any atom is -0.494 e. The van der Waals surface area contributed by atoms with Crippen LogP contribution in [0.1, 0.15) is 36.7 Å². The van der Waals surface area contributed by atoms with Crippen LogP contribution in [0.15, 0.2) is 12.1 Å². The van der Waals surface area contributed by atoms with Gasteiger partial charge in [0.15, 0.2) is 0 Å². The van der Waals surface area contributed by atoms with Crippen LogP contribution in [0.25, 0.3) is 0 Å². The molecule has 0 radical (unpaired) electrons. The molecule has 1 rings (SSSR count). The molecule has 2 N–H and O–H groups in total. The van der Waals surface area contributed by atoms with Crippen LogP contribution in [-0.4, -0.2) is 29.9 Å². The number of ether oxygens (including phenoxy) is 2. The van der Waals surface area contributed by atoms with Crippen LogP contribution in [0.5, 0.6) is 5.75 Å². The van der Waals surface area contributed by atoms with Gasteiger partial charge in [-0.05, 0) is 39.8 Å². The Morgan fingerprint density at radius 3 is 2.30 bits per heavy atom. The number of carboxylic acid groups (broad SMARTS) is 1. The summed E-state index contributed by atoms with van der Waals surface area (Å²) in [7, 11) is 1.41. The number of aromatic carboxylic acids is 1. The lowest BCUT2D eigenvalue weighted by Crippen LogP contribution is -2.27.